The van der Waals surface area contributed by atoms with Crippen LogP contribution in [0.2, 0.25) is 10.0 Å². The standard InChI is InChI=1S/C19H15Cl2N3O/c1-12-4-2-3-5-18(12)23-17-6-13(10-22-11-17)19(25)24-16-8-14(20)7-15(21)9-16/h2-11,23H,1H3,(H,24,25). The van der Waals surface area contributed by atoms with E-state index in [9.17, 15) is 4.79 Å². The van der Waals surface area contributed by atoms with Crippen LogP contribution < -0.4 is 10.6 Å². The van der Waals surface area contributed by atoms with E-state index in [-0.39, 0.29) is 5.91 Å². The average molecular weight is 372 g/mol. The van der Waals surface area contributed by atoms with E-state index < -0.39 is 0 Å². The zero-order chi connectivity index (χ0) is 17.8. The molecule has 1 aromatic heterocycles. The lowest BCUT2D eigenvalue weighted by Crippen LogP contribution is -2.12. The Hall–Kier alpha value is -2.56. The van der Waals surface area contributed by atoms with Gasteiger partial charge in [-0.3, -0.25) is 9.78 Å². The second-order valence-corrected chi connectivity index (χ2v) is 6.39. The number of hydrogen-bond donors (Lipinski definition) is 2. The highest BCUT2D eigenvalue weighted by Gasteiger charge is 2.09. The monoisotopic (exact) mass is 371 g/mol. The third-order valence-electron chi connectivity index (χ3n) is 3.54. The molecule has 0 aliphatic carbocycles. The molecule has 1 amide bonds. The van der Waals surface area contributed by atoms with Gasteiger partial charge in [-0.2, -0.15) is 0 Å². The zero-order valence-electron chi connectivity index (χ0n) is 13.4. The van der Waals surface area contributed by atoms with Crippen molar-refractivity contribution in [2.75, 3.05) is 10.6 Å². The second-order valence-electron chi connectivity index (χ2n) is 5.51. The van der Waals surface area contributed by atoms with Gasteiger partial charge in [0.05, 0.1) is 17.4 Å². The molecule has 2 N–H and O–H groups in total. The van der Waals surface area contributed by atoms with E-state index in [1.54, 1.807) is 30.5 Å². The van der Waals surface area contributed by atoms with Crippen molar-refractivity contribution in [2.45, 2.75) is 6.92 Å². The van der Waals surface area contributed by atoms with Crippen molar-refractivity contribution < 1.29 is 4.79 Å². The second kappa shape index (κ2) is 7.55. The predicted octanol–water partition coefficient (Wildman–Crippen LogP) is 5.69. The molecule has 0 aliphatic heterocycles. The zero-order valence-corrected chi connectivity index (χ0v) is 14.9. The van der Waals surface area contributed by atoms with Crippen LogP contribution in [0.1, 0.15) is 15.9 Å². The third-order valence-corrected chi connectivity index (χ3v) is 3.98. The van der Waals surface area contributed by atoms with Gasteiger partial charge in [0, 0.05) is 27.6 Å². The van der Waals surface area contributed by atoms with E-state index >= 15 is 0 Å². The van der Waals surface area contributed by atoms with E-state index in [4.69, 9.17) is 23.2 Å². The average Bonchev–Trinajstić information content (AvgIpc) is 2.56. The number of carbonyl (C=O) groups is 1. The minimum Gasteiger partial charge on any atom is -0.354 e. The van der Waals surface area contributed by atoms with Crippen molar-refractivity contribution in [3.63, 3.8) is 0 Å². The number of nitrogens with zero attached hydrogens (tertiary/aromatic N) is 1. The third kappa shape index (κ3) is 4.50. The van der Waals surface area contributed by atoms with Crippen molar-refractivity contribution >= 4 is 46.2 Å². The largest absolute Gasteiger partial charge is 0.354 e. The molecule has 0 spiro atoms. The van der Waals surface area contributed by atoms with Crippen LogP contribution in [-0.4, -0.2) is 10.9 Å². The highest BCUT2D eigenvalue weighted by molar-refractivity contribution is 6.35. The van der Waals surface area contributed by atoms with Gasteiger partial charge in [0.2, 0.25) is 0 Å². The molecule has 25 heavy (non-hydrogen) atoms. The van der Waals surface area contributed by atoms with Crippen molar-refractivity contribution in [2.24, 2.45) is 0 Å². The summed E-state index contributed by atoms with van der Waals surface area (Å²) in [7, 11) is 0. The first kappa shape index (κ1) is 17.3. The van der Waals surface area contributed by atoms with Crippen molar-refractivity contribution in [1.82, 2.24) is 4.98 Å². The molecule has 0 aliphatic rings. The molecule has 4 nitrogen and oxygen atoms in total. The number of para-hydroxylation sites is 1. The summed E-state index contributed by atoms with van der Waals surface area (Å²) in [6.07, 6.45) is 3.17. The number of carbonyl (C=O) groups excluding carboxylic acids is 1. The molecule has 3 aromatic rings. The van der Waals surface area contributed by atoms with E-state index in [0.29, 0.717) is 21.3 Å². The summed E-state index contributed by atoms with van der Waals surface area (Å²) in [6.45, 7) is 2.01. The molecule has 0 radical (unpaired) electrons. The summed E-state index contributed by atoms with van der Waals surface area (Å²) in [6, 6.07) is 14.5. The van der Waals surface area contributed by atoms with Gasteiger partial charge in [0.15, 0.2) is 0 Å². The molecule has 1 heterocycles. The Kier molecular flexibility index (Phi) is 5.22. The van der Waals surface area contributed by atoms with Crippen LogP contribution in [0.4, 0.5) is 17.1 Å². The van der Waals surface area contributed by atoms with Gasteiger partial charge in [-0.25, -0.2) is 0 Å². The lowest BCUT2D eigenvalue weighted by molar-refractivity contribution is 0.102. The number of aromatic nitrogens is 1. The number of benzene rings is 2. The lowest BCUT2D eigenvalue weighted by Gasteiger charge is -2.11. The van der Waals surface area contributed by atoms with Crippen molar-refractivity contribution in [3.05, 3.63) is 82.1 Å². The fraction of sp³-hybridized carbons (Fsp3) is 0.0526. The molecule has 0 atom stereocenters. The van der Waals surface area contributed by atoms with Crippen LogP contribution in [0.5, 0.6) is 0 Å². The number of pyridine rings is 1. The summed E-state index contributed by atoms with van der Waals surface area (Å²) in [5.41, 5.74) is 3.75. The Labute approximate surface area is 155 Å². The molecule has 126 valence electrons. The molecule has 0 saturated carbocycles. The van der Waals surface area contributed by atoms with Gasteiger partial charge in [0.1, 0.15) is 0 Å². The summed E-state index contributed by atoms with van der Waals surface area (Å²) < 4.78 is 0. The molecule has 3 rings (SSSR count). The normalized spacial score (nSPS) is 10.4. The van der Waals surface area contributed by atoms with Crippen molar-refractivity contribution in [3.8, 4) is 0 Å². The molecule has 6 heteroatoms. The lowest BCUT2D eigenvalue weighted by atomic mass is 10.2. The SMILES string of the molecule is Cc1ccccc1Nc1cncc(C(=O)Nc2cc(Cl)cc(Cl)c2)c1. The number of aryl methyl sites for hydroxylation is 1. The Morgan fingerprint density at radius 1 is 0.960 bits per heavy atom. The fourth-order valence-corrected chi connectivity index (χ4v) is 2.86. The molecular formula is C19H15Cl2N3O. The maximum Gasteiger partial charge on any atom is 0.257 e. The van der Waals surface area contributed by atoms with Crippen LogP contribution >= 0.6 is 23.2 Å². The minimum atomic E-state index is -0.292. The van der Waals surface area contributed by atoms with Gasteiger partial charge in [-0.05, 0) is 42.8 Å². The van der Waals surface area contributed by atoms with E-state index in [0.717, 1.165) is 16.9 Å². The first-order valence-electron chi connectivity index (χ1n) is 7.56. The number of rotatable bonds is 4. The summed E-state index contributed by atoms with van der Waals surface area (Å²) in [5.74, 6) is -0.292. The van der Waals surface area contributed by atoms with Gasteiger partial charge in [-0.1, -0.05) is 41.4 Å². The van der Waals surface area contributed by atoms with Crippen molar-refractivity contribution in [1.29, 1.82) is 0 Å². The number of hydrogen-bond acceptors (Lipinski definition) is 3. The number of nitrogens with one attached hydrogen (secondary N) is 2. The number of anilines is 3. The minimum absolute atomic E-state index is 0.292. The number of amides is 1. The Balaban J connectivity index is 1.78. The molecular weight excluding hydrogens is 357 g/mol. The van der Waals surface area contributed by atoms with Crippen LogP contribution in [0.15, 0.2) is 60.9 Å². The Morgan fingerprint density at radius 3 is 2.40 bits per heavy atom. The van der Waals surface area contributed by atoms with Gasteiger partial charge < -0.3 is 10.6 Å². The summed E-state index contributed by atoms with van der Waals surface area (Å²) in [5, 5.41) is 6.94. The fourth-order valence-electron chi connectivity index (χ4n) is 2.33. The van der Waals surface area contributed by atoms with Gasteiger partial charge >= 0.3 is 0 Å². The first-order valence-corrected chi connectivity index (χ1v) is 8.32. The molecule has 0 saturated heterocycles. The molecule has 0 fully saturated rings. The van der Waals surface area contributed by atoms with E-state index in [2.05, 4.69) is 15.6 Å². The molecule has 2 aromatic carbocycles. The topological polar surface area (TPSA) is 54.0 Å². The van der Waals surface area contributed by atoms with Crippen LogP contribution in [0, 0.1) is 6.92 Å². The predicted molar refractivity (Wildman–Crippen MR) is 103 cm³/mol. The highest BCUT2D eigenvalue weighted by atomic mass is 35.5. The van der Waals surface area contributed by atoms with Crippen LogP contribution in [0.25, 0.3) is 0 Å². The maximum atomic E-state index is 12.4. The highest BCUT2D eigenvalue weighted by Crippen LogP contribution is 2.24. The summed E-state index contributed by atoms with van der Waals surface area (Å²) >= 11 is 11.9. The molecule has 0 bridgehead atoms. The van der Waals surface area contributed by atoms with Gasteiger partial charge in [-0.15, -0.1) is 0 Å². The molecule has 0 unspecified atom stereocenters. The number of halogens is 2. The van der Waals surface area contributed by atoms with Gasteiger partial charge in [0.25, 0.3) is 5.91 Å². The first-order chi connectivity index (χ1) is 12.0. The van der Waals surface area contributed by atoms with E-state index in [1.165, 1.54) is 6.20 Å². The quantitative estimate of drug-likeness (QED) is 0.618. The van der Waals surface area contributed by atoms with Crippen LogP contribution in [0.3, 0.4) is 0 Å². The van der Waals surface area contributed by atoms with Crippen LogP contribution in [-0.2, 0) is 0 Å². The Bertz CT molecular complexity index is 908. The smallest absolute Gasteiger partial charge is 0.257 e. The Morgan fingerprint density at radius 2 is 1.68 bits per heavy atom. The summed E-state index contributed by atoms with van der Waals surface area (Å²) in [4.78, 5) is 16.6. The maximum absolute atomic E-state index is 12.4. The van der Waals surface area contributed by atoms with E-state index in [1.807, 2.05) is 31.2 Å².